The Hall–Kier alpha value is -3.03. The van der Waals surface area contributed by atoms with E-state index in [2.05, 4.69) is 41.1 Å². The van der Waals surface area contributed by atoms with Crippen molar-refractivity contribution in [2.45, 2.75) is 19.9 Å². The van der Waals surface area contributed by atoms with Gasteiger partial charge in [0.15, 0.2) is 5.65 Å². The molecule has 0 amide bonds. The fourth-order valence-electron chi connectivity index (χ4n) is 4.71. The van der Waals surface area contributed by atoms with Crippen LogP contribution in [0, 0.1) is 6.92 Å². The van der Waals surface area contributed by atoms with Crippen molar-refractivity contribution in [3.63, 3.8) is 0 Å². The molecule has 3 aromatic heterocycles. The Morgan fingerprint density at radius 2 is 1.79 bits per heavy atom. The number of rotatable bonds is 6. The van der Waals surface area contributed by atoms with Gasteiger partial charge in [-0.3, -0.25) is 9.20 Å². The lowest BCUT2D eigenvalue weighted by Crippen LogP contribution is -3.14. The molecule has 5 rings (SSSR count). The van der Waals surface area contributed by atoms with Crippen LogP contribution in [0.2, 0.25) is 0 Å². The topological polar surface area (TPSA) is 56.2 Å². The van der Waals surface area contributed by atoms with Crippen molar-refractivity contribution < 1.29 is 22.0 Å². The standard InChI is InChI=1S/C25H29N5O2.ClH/c1-19-6-8-20(9-7-19)28-17-15-27(16-18-28)12-4-14-30-21-10-11-23(32-2)26-24(21)29-13-3-5-22(29)25(30)31;/h3,5-11,13H,4,12,14-18H2,1-2H3;1H. The van der Waals surface area contributed by atoms with Crippen LogP contribution in [0.1, 0.15) is 12.0 Å². The predicted octanol–water partition coefficient (Wildman–Crippen LogP) is -1.23. The fraction of sp³-hybridized carbons (Fsp3) is 0.360. The molecule has 33 heavy (non-hydrogen) atoms. The molecule has 0 atom stereocenters. The van der Waals surface area contributed by atoms with Crippen LogP contribution in [0.15, 0.2) is 59.5 Å². The molecule has 0 radical (unpaired) electrons. The van der Waals surface area contributed by atoms with Gasteiger partial charge in [0, 0.05) is 30.9 Å². The quantitative estimate of drug-likeness (QED) is 0.386. The predicted molar refractivity (Wildman–Crippen MR) is 127 cm³/mol. The highest BCUT2D eigenvalue weighted by Gasteiger charge is 2.20. The maximum atomic E-state index is 13.1. The highest BCUT2D eigenvalue weighted by molar-refractivity contribution is 5.75. The molecule has 4 aromatic rings. The van der Waals surface area contributed by atoms with E-state index < -0.39 is 0 Å². The number of halogens is 1. The van der Waals surface area contributed by atoms with E-state index in [1.54, 1.807) is 12.0 Å². The van der Waals surface area contributed by atoms with Crippen molar-refractivity contribution in [2.75, 3.05) is 44.7 Å². The Bertz CT molecular complexity index is 1290. The minimum Gasteiger partial charge on any atom is -1.00 e. The SMILES string of the molecule is COc1ccc2c(n1)n1cccc1c(=O)n2CCC[NH+]1CCN(c2ccc(C)cc2)CC1.[Cl-]. The third kappa shape index (κ3) is 4.56. The molecule has 0 aliphatic carbocycles. The number of pyridine rings is 1. The number of aryl methyl sites for hydroxylation is 2. The van der Waals surface area contributed by atoms with Crippen LogP contribution in [-0.4, -0.2) is 53.8 Å². The minimum absolute atomic E-state index is 0. The lowest BCUT2D eigenvalue weighted by molar-refractivity contribution is -0.900. The monoisotopic (exact) mass is 467 g/mol. The van der Waals surface area contributed by atoms with Crippen LogP contribution in [0.3, 0.4) is 0 Å². The van der Waals surface area contributed by atoms with Gasteiger partial charge in [-0.25, -0.2) is 0 Å². The number of quaternary nitrogens is 1. The summed E-state index contributed by atoms with van der Waals surface area (Å²) in [6, 6.07) is 16.3. The molecular weight excluding hydrogens is 438 g/mol. The molecule has 8 heteroatoms. The van der Waals surface area contributed by atoms with Crippen molar-refractivity contribution in [2.24, 2.45) is 0 Å². The molecule has 1 saturated heterocycles. The number of aromatic nitrogens is 3. The van der Waals surface area contributed by atoms with E-state index in [9.17, 15) is 4.79 Å². The molecule has 0 unspecified atom stereocenters. The number of benzene rings is 1. The van der Waals surface area contributed by atoms with Crippen LogP contribution in [0.4, 0.5) is 5.69 Å². The number of hydrogen-bond acceptors (Lipinski definition) is 4. The van der Waals surface area contributed by atoms with E-state index >= 15 is 0 Å². The summed E-state index contributed by atoms with van der Waals surface area (Å²) in [5.74, 6) is 0.550. The average molecular weight is 468 g/mol. The van der Waals surface area contributed by atoms with Crippen molar-refractivity contribution in [3.8, 4) is 5.88 Å². The number of hydrogen-bond donors (Lipinski definition) is 1. The van der Waals surface area contributed by atoms with E-state index in [1.807, 2.05) is 39.4 Å². The van der Waals surface area contributed by atoms with E-state index in [1.165, 1.54) is 11.3 Å². The van der Waals surface area contributed by atoms with Gasteiger partial charge in [0.1, 0.15) is 5.52 Å². The van der Waals surface area contributed by atoms with E-state index in [-0.39, 0.29) is 18.0 Å². The zero-order valence-electron chi connectivity index (χ0n) is 19.1. The van der Waals surface area contributed by atoms with E-state index in [4.69, 9.17) is 4.74 Å². The molecule has 1 N–H and O–H groups in total. The summed E-state index contributed by atoms with van der Waals surface area (Å²) in [6.45, 7) is 8.27. The number of ether oxygens (including phenoxy) is 1. The molecule has 0 saturated carbocycles. The van der Waals surface area contributed by atoms with E-state index in [0.717, 1.165) is 50.3 Å². The molecular formula is C25H30ClN5O2. The number of methoxy groups -OCH3 is 1. The highest BCUT2D eigenvalue weighted by Crippen LogP contribution is 2.18. The van der Waals surface area contributed by atoms with Gasteiger partial charge >= 0.3 is 0 Å². The third-order valence-corrected chi connectivity index (χ3v) is 6.55. The first-order valence-corrected chi connectivity index (χ1v) is 11.3. The Labute approximate surface area is 199 Å². The number of nitrogens with one attached hydrogen (secondary N) is 1. The number of fused-ring (bicyclic) bond motifs is 3. The first-order chi connectivity index (χ1) is 15.6. The molecule has 4 heterocycles. The summed E-state index contributed by atoms with van der Waals surface area (Å²) in [6.07, 6.45) is 2.84. The Morgan fingerprint density at radius 3 is 2.52 bits per heavy atom. The molecule has 7 nitrogen and oxygen atoms in total. The largest absolute Gasteiger partial charge is 1.00 e. The second-order valence-electron chi connectivity index (χ2n) is 8.59. The zero-order chi connectivity index (χ0) is 22.1. The second-order valence-corrected chi connectivity index (χ2v) is 8.59. The van der Waals surface area contributed by atoms with Crippen molar-refractivity contribution >= 4 is 22.4 Å². The molecule has 1 aliphatic rings. The maximum Gasteiger partial charge on any atom is 0.275 e. The average Bonchev–Trinajstić information content (AvgIpc) is 3.32. The van der Waals surface area contributed by atoms with Gasteiger partial charge in [-0.05, 0) is 37.3 Å². The smallest absolute Gasteiger partial charge is 0.275 e. The summed E-state index contributed by atoms with van der Waals surface area (Å²) in [5.41, 5.74) is 4.90. The third-order valence-electron chi connectivity index (χ3n) is 6.55. The van der Waals surface area contributed by atoms with Crippen molar-refractivity contribution in [3.05, 3.63) is 70.6 Å². The minimum atomic E-state index is 0. The van der Waals surface area contributed by atoms with Crippen molar-refractivity contribution in [1.82, 2.24) is 14.0 Å². The lowest BCUT2D eigenvalue weighted by atomic mass is 10.2. The first kappa shape index (κ1) is 23.1. The Kier molecular flexibility index (Phi) is 6.91. The molecule has 1 aromatic carbocycles. The number of piperazine rings is 1. The number of nitrogens with zero attached hydrogens (tertiary/aromatic N) is 4. The molecule has 0 bridgehead atoms. The molecule has 174 valence electrons. The van der Waals surface area contributed by atoms with Gasteiger partial charge in [0.25, 0.3) is 5.56 Å². The summed E-state index contributed by atoms with van der Waals surface area (Å²) in [5, 5.41) is 0. The Balaban J connectivity index is 0.00000259. The molecule has 1 fully saturated rings. The van der Waals surface area contributed by atoms with Crippen LogP contribution in [0.5, 0.6) is 5.88 Å². The summed E-state index contributed by atoms with van der Waals surface area (Å²) < 4.78 is 9.03. The Morgan fingerprint density at radius 1 is 1.03 bits per heavy atom. The van der Waals surface area contributed by atoms with Crippen molar-refractivity contribution in [1.29, 1.82) is 0 Å². The van der Waals surface area contributed by atoms with Crippen LogP contribution < -0.4 is 32.5 Å². The van der Waals surface area contributed by atoms with E-state index in [0.29, 0.717) is 17.9 Å². The summed E-state index contributed by atoms with van der Waals surface area (Å²) in [4.78, 5) is 21.8. The summed E-state index contributed by atoms with van der Waals surface area (Å²) >= 11 is 0. The zero-order valence-corrected chi connectivity index (χ0v) is 19.9. The first-order valence-electron chi connectivity index (χ1n) is 11.3. The fourth-order valence-corrected chi connectivity index (χ4v) is 4.71. The highest BCUT2D eigenvalue weighted by atomic mass is 35.5. The maximum absolute atomic E-state index is 13.1. The van der Waals surface area contributed by atoms with Gasteiger partial charge in [0.05, 0.1) is 45.4 Å². The normalized spacial score (nSPS) is 14.5. The van der Waals surface area contributed by atoms with Gasteiger partial charge in [-0.2, -0.15) is 4.98 Å². The lowest BCUT2D eigenvalue weighted by Gasteiger charge is -2.33. The molecule has 0 spiro atoms. The number of anilines is 1. The van der Waals surface area contributed by atoms with Gasteiger partial charge in [-0.15, -0.1) is 0 Å². The van der Waals surface area contributed by atoms with Crippen LogP contribution in [0.25, 0.3) is 16.7 Å². The van der Waals surface area contributed by atoms with Crippen LogP contribution in [-0.2, 0) is 6.54 Å². The van der Waals surface area contributed by atoms with Gasteiger partial charge < -0.3 is 31.5 Å². The van der Waals surface area contributed by atoms with Crippen LogP contribution >= 0.6 is 0 Å². The van der Waals surface area contributed by atoms with Gasteiger partial charge in [0.2, 0.25) is 5.88 Å². The second kappa shape index (κ2) is 9.85. The molecule has 1 aliphatic heterocycles. The van der Waals surface area contributed by atoms with Gasteiger partial charge in [-0.1, -0.05) is 17.7 Å². The summed E-state index contributed by atoms with van der Waals surface area (Å²) in [7, 11) is 1.61.